The van der Waals surface area contributed by atoms with Crippen molar-refractivity contribution < 1.29 is 28.8 Å². The molecule has 1 saturated carbocycles. The second-order valence-corrected chi connectivity index (χ2v) is 15.9. The minimum atomic E-state index is -1.11. The highest BCUT2D eigenvalue weighted by molar-refractivity contribution is 6.38. The van der Waals surface area contributed by atoms with Crippen LogP contribution in [0.2, 0.25) is 5.02 Å². The molecule has 3 heterocycles. The molecule has 1 aromatic heterocycles. The Morgan fingerprint density at radius 1 is 1.04 bits per heavy atom. The molecule has 4 amide bonds. The molecule has 12 nitrogen and oxygen atoms in total. The summed E-state index contributed by atoms with van der Waals surface area (Å²) >= 11 is 6.26. The SMILES string of the molecule is CCC[C@H](NC(=O)[C@@H]1C[C@]2(CC(c3cccc(Cl)c3)=NO2)CN1C(=O)[C@@H](NC(=O)CC1CCCCC1)C(C)(C)C)C(=O)C(=O)NCc1ccncc1. The van der Waals surface area contributed by atoms with Crippen molar-refractivity contribution in [3.8, 4) is 0 Å². The van der Waals surface area contributed by atoms with Gasteiger partial charge in [-0.25, -0.2) is 0 Å². The van der Waals surface area contributed by atoms with E-state index in [0.29, 0.717) is 30.0 Å². The van der Waals surface area contributed by atoms with Gasteiger partial charge >= 0.3 is 0 Å². The van der Waals surface area contributed by atoms with Crippen molar-refractivity contribution >= 4 is 46.7 Å². The van der Waals surface area contributed by atoms with Crippen molar-refractivity contribution in [3.63, 3.8) is 0 Å². The number of nitrogens with one attached hydrogen (secondary N) is 3. The number of halogens is 1. The average Bonchev–Trinajstić information content (AvgIpc) is 3.72. The summed E-state index contributed by atoms with van der Waals surface area (Å²) in [6.45, 7) is 7.65. The number of nitrogens with zero attached hydrogens (tertiary/aromatic N) is 3. The van der Waals surface area contributed by atoms with Crippen LogP contribution in [0.4, 0.5) is 0 Å². The van der Waals surface area contributed by atoms with Crippen LogP contribution in [0.5, 0.6) is 0 Å². The summed E-state index contributed by atoms with van der Waals surface area (Å²) < 4.78 is 0. The number of rotatable bonds is 13. The molecule has 52 heavy (non-hydrogen) atoms. The van der Waals surface area contributed by atoms with E-state index in [9.17, 15) is 24.0 Å². The highest BCUT2D eigenvalue weighted by Crippen LogP contribution is 2.40. The van der Waals surface area contributed by atoms with E-state index in [2.05, 4.69) is 26.1 Å². The fourth-order valence-electron chi connectivity index (χ4n) is 7.39. The molecule has 0 radical (unpaired) electrons. The van der Waals surface area contributed by atoms with Crippen molar-refractivity contribution in [3.05, 3.63) is 64.9 Å². The van der Waals surface area contributed by atoms with Gasteiger partial charge in [0.2, 0.25) is 23.5 Å². The highest BCUT2D eigenvalue weighted by Gasteiger charge is 2.55. The minimum absolute atomic E-state index is 0.0291. The zero-order valence-electron chi connectivity index (χ0n) is 30.6. The van der Waals surface area contributed by atoms with E-state index in [1.165, 1.54) is 11.3 Å². The Hall–Kier alpha value is -4.32. The normalized spacial score (nSPS) is 21.5. The minimum Gasteiger partial charge on any atom is -0.387 e. The van der Waals surface area contributed by atoms with Crippen LogP contribution >= 0.6 is 11.6 Å². The van der Waals surface area contributed by atoms with Gasteiger partial charge in [-0.2, -0.15) is 0 Å². The van der Waals surface area contributed by atoms with Gasteiger partial charge in [0.15, 0.2) is 5.60 Å². The second kappa shape index (κ2) is 17.0. The molecule has 280 valence electrons. The van der Waals surface area contributed by atoms with Crippen LogP contribution in [-0.2, 0) is 35.4 Å². The third kappa shape index (κ3) is 9.76. The molecule has 2 fully saturated rings. The number of amides is 4. The van der Waals surface area contributed by atoms with Crippen molar-refractivity contribution in [2.75, 3.05) is 6.54 Å². The predicted octanol–water partition coefficient (Wildman–Crippen LogP) is 4.87. The Bertz CT molecular complexity index is 1660. The number of benzene rings is 1. The fourth-order valence-corrected chi connectivity index (χ4v) is 7.58. The Morgan fingerprint density at radius 2 is 1.77 bits per heavy atom. The van der Waals surface area contributed by atoms with Gasteiger partial charge in [0.25, 0.3) is 5.91 Å². The van der Waals surface area contributed by atoms with Crippen molar-refractivity contribution in [1.82, 2.24) is 25.8 Å². The fraction of sp³-hybridized carbons (Fsp3) is 0.564. The van der Waals surface area contributed by atoms with Crippen LogP contribution in [0.15, 0.2) is 53.9 Å². The summed E-state index contributed by atoms with van der Waals surface area (Å²) in [4.78, 5) is 80.1. The number of likely N-dealkylation sites (tertiary alicyclic amines) is 1. The van der Waals surface area contributed by atoms with Crippen molar-refractivity contribution in [2.24, 2.45) is 16.5 Å². The largest absolute Gasteiger partial charge is 0.387 e. The predicted molar refractivity (Wildman–Crippen MR) is 197 cm³/mol. The number of ketones is 1. The summed E-state index contributed by atoms with van der Waals surface area (Å²) in [5.41, 5.74) is 0.449. The van der Waals surface area contributed by atoms with Gasteiger partial charge in [0.05, 0.1) is 18.3 Å². The first kappa shape index (κ1) is 38.9. The molecule has 1 aromatic carbocycles. The number of hydrogen-bond donors (Lipinski definition) is 3. The molecule has 13 heteroatoms. The molecular formula is C39H51ClN6O6. The van der Waals surface area contributed by atoms with E-state index in [-0.39, 0.29) is 37.8 Å². The maximum atomic E-state index is 14.6. The third-order valence-corrected chi connectivity index (χ3v) is 10.5. The van der Waals surface area contributed by atoms with Crippen LogP contribution in [0.1, 0.15) is 103 Å². The number of oxime groups is 1. The summed E-state index contributed by atoms with van der Waals surface area (Å²) in [7, 11) is 0. The topological polar surface area (TPSA) is 159 Å². The van der Waals surface area contributed by atoms with Gasteiger partial charge in [-0.05, 0) is 60.4 Å². The van der Waals surface area contributed by atoms with Crippen LogP contribution < -0.4 is 16.0 Å². The van der Waals surface area contributed by atoms with Gasteiger partial charge in [-0.3, -0.25) is 29.0 Å². The maximum Gasteiger partial charge on any atom is 0.289 e. The Labute approximate surface area is 310 Å². The van der Waals surface area contributed by atoms with E-state index in [0.717, 1.165) is 36.8 Å². The lowest BCUT2D eigenvalue weighted by atomic mass is 9.84. The summed E-state index contributed by atoms with van der Waals surface area (Å²) in [6, 6.07) is 7.57. The van der Waals surface area contributed by atoms with Gasteiger partial charge in [0, 0.05) is 48.8 Å². The monoisotopic (exact) mass is 734 g/mol. The maximum absolute atomic E-state index is 14.6. The van der Waals surface area contributed by atoms with Crippen LogP contribution in [-0.4, -0.2) is 75.3 Å². The summed E-state index contributed by atoms with van der Waals surface area (Å²) in [5.74, 6) is -2.51. The van der Waals surface area contributed by atoms with Gasteiger partial charge < -0.3 is 25.7 Å². The molecule has 0 bridgehead atoms. The Morgan fingerprint density at radius 3 is 2.44 bits per heavy atom. The van der Waals surface area contributed by atoms with E-state index >= 15 is 0 Å². The van der Waals surface area contributed by atoms with Crippen LogP contribution in [0, 0.1) is 11.3 Å². The number of Topliss-reactive ketones (excluding diaryl/α,β-unsaturated/α-hetero) is 1. The molecule has 1 aliphatic carbocycles. The lowest BCUT2D eigenvalue weighted by Gasteiger charge is -2.36. The zero-order valence-corrected chi connectivity index (χ0v) is 31.3. The lowest BCUT2D eigenvalue weighted by molar-refractivity contribution is -0.145. The molecule has 2 aromatic rings. The van der Waals surface area contributed by atoms with Gasteiger partial charge in [0.1, 0.15) is 12.1 Å². The summed E-state index contributed by atoms with van der Waals surface area (Å²) in [5, 5.41) is 13.4. The van der Waals surface area contributed by atoms with Crippen molar-refractivity contribution in [1.29, 1.82) is 0 Å². The highest BCUT2D eigenvalue weighted by atomic mass is 35.5. The Kier molecular flexibility index (Phi) is 12.7. The molecule has 0 unspecified atom stereocenters. The molecule has 2 aliphatic heterocycles. The van der Waals surface area contributed by atoms with E-state index in [1.807, 2.05) is 39.8 Å². The first-order chi connectivity index (χ1) is 24.8. The van der Waals surface area contributed by atoms with Gasteiger partial charge in [-0.1, -0.05) is 82.3 Å². The van der Waals surface area contributed by atoms with Gasteiger partial charge in [-0.15, -0.1) is 0 Å². The quantitative estimate of drug-likeness (QED) is 0.248. The average molecular weight is 735 g/mol. The van der Waals surface area contributed by atoms with E-state index in [4.69, 9.17) is 16.4 Å². The molecule has 3 aliphatic rings. The molecule has 1 spiro atoms. The van der Waals surface area contributed by atoms with E-state index in [1.54, 1.807) is 36.7 Å². The number of pyridine rings is 1. The lowest BCUT2D eigenvalue weighted by Crippen LogP contribution is -2.59. The summed E-state index contributed by atoms with van der Waals surface area (Å²) in [6.07, 6.45) is 10.0. The first-order valence-electron chi connectivity index (χ1n) is 18.4. The molecule has 4 atom stereocenters. The smallest absolute Gasteiger partial charge is 0.289 e. The zero-order chi connectivity index (χ0) is 37.5. The first-order valence-corrected chi connectivity index (χ1v) is 18.8. The molecule has 1 saturated heterocycles. The second-order valence-electron chi connectivity index (χ2n) is 15.5. The standard InChI is InChI=1S/C39H51ClN6O6/c1-5-10-29(33(48)36(50)42-23-26-15-17-41-18-16-26)43-35(49)31-22-39(21-30(45-52-39)27-13-9-14-28(40)20-27)24-46(31)37(51)34(38(2,3)4)44-32(47)19-25-11-7-6-8-12-25/h9,13-18,20,25,29,31,34H,5-8,10-12,19,21-24H2,1-4H3,(H,42,50)(H,43,49)(H,44,47)/t29-,31-,34+,39+/m0/s1. The Balaban J connectivity index is 1.36. The number of hydrogen-bond acceptors (Lipinski definition) is 8. The molecule has 5 rings (SSSR count). The molecular weight excluding hydrogens is 684 g/mol. The number of carbonyl (C=O) groups is 5. The van der Waals surface area contributed by atoms with Crippen LogP contribution in [0.3, 0.4) is 0 Å². The van der Waals surface area contributed by atoms with Crippen molar-refractivity contribution in [2.45, 2.75) is 122 Å². The number of carbonyl (C=O) groups excluding carboxylic acids is 5. The van der Waals surface area contributed by atoms with E-state index < -0.39 is 52.6 Å². The third-order valence-electron chi connectivity index (χ3n) is 10.2. The number of aromatic nitrogens is 1. The van der Waals surface area contributed by atoms with Crippen LogP contribution in [0.25, 0.3) is 0 Å². The molecule has 3 N–H and O–H groups in total.